The fraction of sp³-hybridized carbons (Fsp3) is 0.222. The molecule has 1 saturated heterocycles. The summed E-state index contributed by atoms with van der Waals surface area (Å²) < 4.78 is 6.00. The number of nitrogens with zero attached hydrogens (tertiary/aromatic N) is 1. The van der Waals surface area contributed by atoms with Crippen molar-refractivity contribution in [2.45, 2.75) is 30.0 Å². The van der Waals surface area contributed by atoms with Gasteiger partial charge in [0.25, 0.3) is 0 Å². The highest BCUT2D eigenvalue weighted by Crippen LogP contribution is 2.41. The van der Waals surface area contributed by atoms with Crippen LogP contribution in [-0.2, 0) is 25.5 Å². The maximum atomic E-state index is 13.5. The molecule has 3 heterocycles. The van der Waals surface area contributed by atoms with Gasteiger partial charge in [-0.3, -0.25) is 9.59 Å². The Morgan fingerprint density at radius 1 is 1.00 bits per heavy atom. The average Bonchev–Trinajstić information content (AvgIpc) is 3.43. The standard InChI is InChI=1S/C27H24N2O5S2/c30-15-19-16-36-26-22(28-21(31)14-20-12-7-13-35-20)25(32)29(26)23(19)27(33)34-24(17-8-3-1-4-9-17)18-10-5-2-6-11-18/h1-13,16,22-24,26,30H,14-15H2,(H,28,31)/t22?,23?,26-/m1/s1. The van der Waals surface area contributed by atoms with E-state index in [0.717, 1.165) is 16.0 Å². The minimum Gasteiger partial charge on any atom is -0.451 e. The molecular formula is C27H24N2O5S2. The Balaban J connectivity index is 1.35. The lowest BCUT2D eigenvalue weighted by Gasteiger charge is -2.51. The quantitative estimate of drug-likeness (QED) is 0.350. The lowest BCUT2D eigenvalue weighted by molar-refractivity contribution is -0.165. The summed E-state index contributed by atoms with van der Waals surface area (Å²) in [5, 5.41) is 15.9. The fourth-order valence-corrected chi connectivity index (χ4v) is 6.31. The molecule has 0 spiro atoms. The molecule has 5 rings (SSSR count). The first-order valence-corrected chi connectivity index (χ1v) is 13.3. The number of carbonyl (C=O) groups excluding carboxylic acids is 3. The normalized spacial score (nSPS) is 20.8. The Kier molecular flexibility index (Phi) is 7.22. The van der Waals surface area contributed by atoms with Crippen LogP contribution in [0.25, 0.3) is 0 Å². The number of hydrogen-bond acceptors (Lipinski definition) is 7. The molecule has 2 aliphatic rings. The molecular weight excluding hydrogens is 496 g/mol. The molecule has 1 fully saturated rings. The van der Waals surface area contributed by atoms with Gasteiger partial charge in [0.1, 0.15) is 11.4 Å². The molecule has 184 valence electrons. The van der Waals surface area contributed by atoms with Gasteiger partial charge < -0.3 is 20.1 Å². The van der Waals surface area contributed by atoms with Crippen molar-refractivity contribution in [2.24, 2.45) is 0 Å². The largest absolute Gasteiger partial charge is 0.451 e. The molecule has 2 aliphatic heterocycles. The summed E-state index contributed by atoms with van der Waals surface area (Å²) in [5.74, 6) is -1.25. The van der Waals surface area contributed by atoms with E-state index in [4.69, 9.17) is 4.74 Å². The van der Waals surface area contributed by atoms with Gasteiger partial charge in [0.05, 0.1) is 13.0 Å². The number of aliphatic hydroxyl groups excluding tert-OH is 1. The van der Waals surface area contributed by atoms with Crippen molar-refractivity contribution in [3.05, 3.63) is 105 Å². The number of carbonyl (C=O) groups is 3. The van der Waals surface area contributed by atoms with Gasteiger partial charge >= 0.3 is 5.97 Å². The number of β-lactam (4-membered cyclic amide) rings is 1. The maximum absolute atomic E-state index is 13.5. The highest BCUT2D eigenvalue weighted by Gasteiger charge is 2.56. The molecule has 2 unspecified atom stereocenters. The Morgan fingerprint density at radius 3 is 2.25 bits per heavy atom. The van der Waals surface area contributed by atoms with E-state index in [1.54, 1.807) is 5.41 Å². The van der Waals surface area contributed by atoms with Crippen molar-refractivity contribution >= 4 is 40.9 Å². The summed E-state index contributed by atoms with van der Waals surface area (Å²) in [6, 6.07) is 20.7. The third-order valence-corrected chi connectivity index (χ3v) is 8.24. The molecule has 0 bridgehead atoms. The number of nitrogens with one attached hydrogen (secondary N) is 1. The zero-order chi connectivity index (χ0) is 25.1. The first-order chi connectivity index (χ1) is 17.6. The van der Waals surface area contributed by atoms with Crippen molar-refractivity contribution in [1.82, 2.24) is 10.2 Å². The van der Waals surface area contributed by atoms with Crippen LogP contribution in [0.1, 0.15) is 22.1 Å². The molecule has 1 aromatic heterocycles. The molecule has 2 aromatic carbocycles. The summed E-state index contributed by atoms with van der Waals surface area (Å²) in [4.78, 5) is 41.5. The molecule has 3 aromatic rings. The Hall–Kier alpha value is -3.40. The van der Waals surface area contributed by atoms with Crippen LogP contribution in [-0.4, -0.2) is 51.9 Å². The highest BCUT2D eigenvalue weighted by molar-refractivity contribution is 8.02. The summed E-state index contributed by atoms with van der Waals surface area (Å²) >= 11 is 2.78. The summed E-state index contributed by atoms with van der Waals surface area (Å²) in [6.45, 7) is -0.389. The van der Waals surface area contributed by atoms with Crippen LogP contribution < -0.4 is 5.32 Å². The Morgan fingerprint density at radius 2 is 1.67 bits per heavy atom. The van der Waals surface area contributed by atoms with Crippen LogP contribution in [0.4, 0.5) is 0 Å². The van der Waals surface area contributed by atoms with Crippen molar-refractivity contribution in [2.75, 3.05) is 6.61 Å². The lowest BCUT2D eigenvalue weighted by Crippen LogP contribution is -2.74. The minimum absolute atomic E-state index is 0.192. The van der Waals surface area contributed by atoms with Crippen molar-refractivity contribution in [3.63, 3.8) is 0 Å². The van der Waals surface area contributed by atoms with E-state index < -0.39 is 29.5 Å². The molecule has 2 N–H and O–H groups in total. The molecule has 0 saturated carbocycles. The SMILES string of the molecule is O=C(Cc1cccs1)NC1C(=O)N2C(C(=O)OC(c3ccccc3)c3ccccc3)C(CO)=CS[C@H]12. The van der Waals surface area contributed by atoms with Crippen LogP contribution in [0.2, 0.25) is 0 Å². The number of fused-ring (bicyclic) bond motifs is 1. The predicted molar refractivity (Wildman–Crippen MR) is 138 cm³/mol. The first kappa shape index (κ1) is 24.3. The summed E-state index contributed by atoms with van der Waals surface area (Å²) in [7, 11) is 0. The lowest BCUT2D eigenvalue weighted by atomic mass is 9.97. The number of ether oxygens (including phenoxy) is 1. The second-order valence-electron chi connectivity index (χ2n) is 8.47. The fourth-order valence-electron chi connectivity index (χ4n) is 4.39. The Labute approximate surface area is 216 Å². The molecule has 9 heteroatoms. The van der Waals surface area contributed by atoms with Crippen molar-refractivity contribution in [3.8, 4) is 0 Å². The molecule has 0 radical (unpaired) electrons. The molecule has 3 atom stereocenters. The number of rotatable bonds is 8. The van der Waals surface area contributed by atoms with Crippen LogP contribution in [0.15, 0.2) is 89.2 Å². The average molecular weight is 521 g/mol. The van der Waals surface area contributed by atoms with Crippen molar-refractivity contribution < 1.29 is 24.2 Å². The second kappa shape index (κ2) is 10.7. The second-order valence-corrected chi connectivity index (χ2v) is 10.5. The number of benzene rings is 2. The maximum Gasteiger partial charge on any atom is 0.334 e. The topological polar surface area (TPSA) is 95.9 Å². The number of thiophene rings is 1. The first-order valence-electron chi connectivity index (χ1n) is 11.5. The third-order valence-electron chi connectivity index (χ3n) is 6.14. The molecule has 7 nitrogen and oxygen atoms in total. The van der Waals surface area contributed by atoms with E-state index in [9.17, 15) is 19.5 Å². The van der Waals surface area contributed by atoms with Crippen molar-refractivity contribution in [1.29, 1.82) is 0 Å². The van der Waals surface area contributed by atoms with Crippen LogP contribution in [0.3, 0.4) is 0 Å². The summed E-state index contributed by atoms with van der Waals surface area (Å²) in [6.07, 6.45) is -0.483. The van der Waals surface area contributed by atoms with Gasteiger partial charge in [-0.05, 0) is 33.6 Å². The van der Waals surface area contributed by atoms with E-state index >= 15 is 0 Å². The number of amides is 2. The van der Waals surface area contributed by atoms with E-state index in [1.807, 2.05) is 78.2 Å². The van der Waals surface area contributed by atoms with Crippen LogP contribution >= 0.6 is 23.1 Å². The number of esters is 1. The van der Waals surface area contributed by atoms with Gasteiger partial charge in [0.15, 0.2) is 12.1 Å². The van der Waals surface area contributed by atoms with Gasteiger partial charge in [0.2, 0.25) is 11.8 Å². The van der Waals surface area contributed by atoms with Gasteiger partial charge in [-0.25, -0.2) is 4.79 Å². The Bertz CT molecular complexity index is 1220. The highest BCUT2D eigenvalue weighted by atomic mass is 32.2. The third kappa shape index (κ3) is 4.82. The molecule has 0 aliphatic carbocycles. The monoisotopic (exact) mass is 520 g/mol. The van der Waals surface area contributed by atoms with Gasteiger partial charge in [-0.1, -0.05) is 66.7 Å². The molecule has 2 amide bonds. The van der Waals surface area contributed by atoms with Crippen LogP contribution in [0, 0.1) is 0 Å². The van der Waals surface area contributed by atoms with E-state index in [1.165, 1.54) is 28.0 Å². The smallest absolute Gasteiger partial charge is 0.334 e. The van der Waals surface area contributed by atoms with Gasteiger partial charge in [0, 0.05) is 4.88 Å². The van der Waals surface area contributed by atoms with Crippen LogP contribution in [0.5, 0.6) is 0 Å². The predicted octanol–water partition coefficient (Wildman–Crippen LogP) is 3.27. The van der Waals surface area contributed by atoms with E-state index in [-0.39, 0.29) is 24.8 Å². The summed E-state index contributed by atoms with van der Waals surface area (Å²) in [5.41, 5.74) is 1.97. The zero-order valence-corrected chi connectivity index (χ0v) is 20.8. The number of aliphatic hydroxyl groups is 1. The molecule has 36 heavy (non-hydrogen) atoms. The van der Waals surface area contributed by atoms with E-state index in [2.05, 4.69) is 5.32 Å². The zero-order valence-electron chi connectivity index (χ0n) is 19.2. The van der Waals surface area contributed by atoms with E-state index in [0.29, 0.717) is 5.57 Å². The number of thioether (sulfide) groups is 1. The van der Waals surface area contributed by atoms with Gasteiger partial charge in [-0.15, -0.1) is 23.1 Å². The number of hydrogen-bond donors (Lipinski definition) is 2. The van der Waals surface area contributed by atoms with Gasteiger partial charge in [-0.2, -0.15) is 0 Å². The minimum atomic E-state index is -1.06.